The second-order valence-corrected chi connectivity index (χ2v) is 7.01. The van der Waals surface area contributed by atoms with Gasteiger partial charge in [0.25, 0.3) is 5.91 Å². The number of amides is 1. The average molecular weight is 325 g/mol. The lowest BCUT2D eigenvalue weighted by Crippen LogP contribution is -2.39. The van der Waals surface area contributed by atoms with Crippen LogP contribution in [0.25, 0.3) is 0 Å². The van der Waals surface area contributed by atoms with Crippen LogP contribution in [0.15, 0.2) is 46.9 Å². The molecule has 0 radical (unpaired) electrons. The minimum atomic E-state index is 0.106. The zero-order valence-corrected chi connectivity index (χ0v) is 13.8. The van der Waals surface area contributed by atoms with Gasteiger partial charge < -0.3 is 0 Å². The Bertz CT molecular complexity index is 738. The topological polar surface area (TPSA) is 35.9 Å². The number of carbonyl (C=O) groups is 1. The molecule has 118 valence electrons. The van der Waals surface area contributed by atoms with Crippen molar-refractivity contribution in [1.82, 2.24) is 9.91 Å². The van der Waals surface area contributed by atoms with Gasteiger partial charge in [0.05, 0.1) is 18.8 Å². The number of thiophene rings is 1. The fraction of sp³-hybridized carbons (Fsp3) is 0.333. The Morgan fingerprint density at radius 3 is 2.87 bits per heavy atom. The van der Waals surface area contributed by atoms with Crippen LogP contribution in [-0.2, 0) is 17.8 Å². The molecule has 3 heterocycles. The van der Waals surface area contributed by atoms with E-state index in [9.17, 15) is 4.79 Å². The Morgan fingerprint density at radius 1 is 1.13 bits per heavy atom. The third kappa shape index (κ3) is 3.07. The van der Waals surface area contributed by atoms with Crippen LogP contribution in [-0.4, -0.2) is 41.2 Å². The van der Waals surface area contributed by atoms with Crippen molar-refractivity contribution in [2.24, 2.45) is 5.10 Å². The maximum absolute atomic E-state index is 12.5. The molecule has 4 rings (SSSR count). The van der Waals surface area contributed by atoms with Crippen LogP contribution in [0.4, 0.5) is 0 Å². The van der Waals surface area contributed by atoms with Gasteiger partial charge >= 0.3 is 0 Å². The molecule has 0 spiro atoms. The lowest BCUT2D eigenvalue weighted by atomic mass is 10.1. The molecule has 23 heavy (non-hydrogen) atoms. The van der Waals surface area contributed by atoms with Crippen LogP contribution in [0.5, 0.6) is 0 Å². The molecule has 0 aliphatic carbocycles. The summed E-state index contributed by atoms with van der Waals surface area (Å²) < 4.78 is 0. The number of benzene rings is 1. The zero-order valence-electron chi connectivity index (χ0n) is 12.9. The van der Waals surface area contributed by atoms with Gasteiger partial charge in [-0.15, -0.1) is 11.3 Å². The molecule has 0 N–H and O–H groups in total. The molecule has 1 amide bonds. The standard InChI is InChI=1S/C18H19N3OS/c22-18(13-20-9-7-17-15(12-20)8-11-23-17)21-10-6-16(19-21)14-4-2-1-3-5-14/h1-5,8,11H,6-7,9-10,12-13H2. The van der Waals surface area contributed by atoms with Crippen LogP contribution in [0, 0.1) is 0 Å². The van der Waals surface area contributed by atoms with E-state index in [2.05, 4.69) is 33.6 Å². The largest absolute Gasteiger partial charge is 0.290 e. The summed E-state index contributed by atoms with van der Waals surface area (Å²) in [6.07, 6.45) is 1.89. The molecule has 2 aliphatic rings. The predicted molar refractivity (Wildman–Crippen MR) is 92.6 cm³/mol. The third-order valence-electron chi connectivity index (χ3n) is 4.44. The summed E-state index contributed by atoms with van der Waals surface area (Å²) in [5.41, 5.74) is 3.50. The van der Waals surface area contributed by atoms with Gasteiger partial charge in [0.15, 0.2) is 0 Å². The minimum Gasteiger partial charge on any atom is -0.290 e. The van der Waals surface area contributed by atoms with Gasteiger partial charge in [0.2, 0.25) is 0 Å². The second-order valence-electron chi connectivity index (χ2n) is 6.01. The first kappa shape index (κ1) is 14.6. The van der Waals surface area contributed by atoms with E-state index in [0.29, 0.717) is 13.1 Å². The Labute approximate surface area is 140 Å². The number of carbonyl (C=O) groups excluding carboxylic acids is 1. The summed E-state index contributed by atoms with van der Waals surface area (Å²) in [6, 6.07) is 12.3. The number of hydrogen-bond donors (Lipinski definition) is 0. The van der Waals surface area contributed by atoms with Crippen LogP contribution in [0.2, 0.25) is 0 Å². The molecule has 0 unspecified atom stereocenters. The van der Waals surface area contributed by atoms with E-state index >= 15 is 0 Å². The van der Waals surface area contributed by atoms with Gasteiger partial charge in [-0.05, 0) is 29.0 Å². The van der Waals surface area contributed by atoms with Gasteiger partial charge in [0.1, 0.15) is 0 Å². The van der Waals surface area contributed by atoms with E-state index in [-0.39, 0.29) is 5.91 Å². The molecule has 2 aliphatic heterocycles. The smallest absolute Gasteiger partial charge is 0.256 e. The average Bonchev–Trinajstić information content (AvgIpc) is 3.24. The summed E-state index contributed by atoms with van der Waals surface area (Å²) in [5.74, 6) is 0.106. The molecule has 4 nitrogen and oxygen atoms in total. The number of hydrazone groups is 1. The van der Waals surface area contributed by atoms with E-state index in [0.717, 1.165) is 37.2 Å². The molecule has 0 saturated heterocycles. The van der Waals surface area contributed by atoms with Crippen LogP contribution < -0.4 is 0 Å². The fourth-order valence-electron chi connectivity index (χ4n) is 3.19. The van der Waals surface area contributed by atoms with Gasteiger partial charge in [-0.1, -0.05) is 30.3 Å². The maximum Gasteiger partial charge on any atom is 0.256 e. The van der Waals surface area contributed by atoms with E-state index in [1.165, 1.54) is 10.4 Å². The normalized spacial score (nSPS) is 17.9. The third-order valence-corrected chi connectivity index (χ3v) is 5.47. The van der Waals surface area contributed by atoms with E-state index in [4.69, 9.17) is 0 Å². The van der Waals surface area contributed by atoms with Gasteiger partial charge in [-0.25, -0.2) is 5.01 Å². The van der Waals surface area contributed by atoms with Crippen molar-refractivity contribution in [3.63, 3.8) is 0 Å². The molecule has 0 atom stereocenters. The number of rotatable bonds is 3. The Morgan fingerprint density at radius 2 is 2.00 bits per heavy atom. The van der Waals surface area contributed by atoms with Crippen LogP contribution in [0.3, 0.4) is 0 Å². The number of nitrogens with zero attached hydrogens (tertiary/aromatic N) is 3. The lowest BCUT2D eigenvalue weighted by molar-refractivity contribution is -0.132. The van der Waals surface area contributed by atoms with E-state index in [1.807, 2.05) is 29.5 Å². The SMILES string of the molecule is O=C(CN1CCc2sccc2C1)N1CCC(c2ccccc2)=N1. The highest BCUT2D eigenvalue weighted by atomic mass is 32.1. The summed E-state index contributed by atoms with van der Waals surface area (Å²) >= 11 is 1.83. The first-order valence-electron chi connectivity index (χ1n) is 8.00. The Kier molecular flexibility index (Phi) is 3.97. The van der Waals surface area contributed by atoms with E-state index < -0.39 is 0 Å². The Hall–Kier alpha value is -1.98. The zero-order chi connectivity index (χ0) is 15.6. The van der Waals surface area contributed by atoms with Crippen molar-refractivity contribution >= 4 is 23.0 Å². The molecule has 1 aromatic carbocycles. The molecule has 1 aromatic heterocycles. The maximum atomic E-state index is 12.5. The summed E-state index contributed by atoms with van der Waals surface area (Å²) in [4.78, 5) is 16.2. The van der Waals surface area contributed by atoms with Crippen LogP contribution in [0.1, 0.15) is 22.4 Å². The highest BCUT2D eigenvalue weighted by Gasteiger charge is 2.25. The van der Waals surface area contributed by atoms with Crippen molar-refractivity contribution in [3.05, 3.63) is 57.8 Å². The lowest BCUT2D eigenvalue weighted by Gasteiger charge is -2.27. The molecule has 2 aromatic rings. The minimum absolute atomic E-state index is 0.106. The summed E-state index contributed by atoms with van der Waals surface area (Å²) in [7, 11) is 0. The van der Waals surface area contributed by atoms with Crippen molar-refractivity contribution in [2.45, 2.75) is 19.4 Å². The van der Waals surface area contributed by atoms with Crippen molar-refractivity contribution in [3.8, 4) is 0 Å². The fourth-order valence-corrected chi connectivity index (χ4v) is 4.08. The van der Waals surface area contributed by atoms with Gasteiger partial charge in [-0.3, -0.25) is 9.69 Å². The predicted octanol–water partition coefficient (Wildman–Crippen LogP) is 2.74. The summed E-state index contributed by atoms with van der Waals surface area (Å²) in [5, 5.41) is 8.32. The molecule has 0 saturated carbocycles. The first-order chi connectivity index (χ1) is 11.3. The van der Waals surface area contributed by atoms with Crippen molar-refractivity contribution < 1.29 is 4.79 Å². The Balaban J connectivity index is 1.40. The quantitative estimate of drug-likeness (QED) is 0.870. The molecule has 0 fully saturated rings. The van der Waals surface area contributed by atoms with Crippen molar-refractivity contribution in [2.75, 3.05) is 19.6 Å². The first-order valence-corrected chi connectivity index (χ1v) is 8.88. The monoisotopic (exact) mass is 325 g/mol. The second kappa shape index (κ2) is 6.26. The van der Waals surface area contributed by atoms with Crippen molar-refractivity contribution in [1.29, 1.82) is 0 Å². The number of fused-ring (bicyclic) bond motifs is 1. The molecular formula is C18H19N3OS. The molecule has 0 bridgehead atoms. The van der Waals surface area contributed by atoms with E-state index in [1.54, 1.807) is 5.01 Å². The molecule has 5 heteroatoms. The van der Waals surface area contributed by atoms with Crippen LogP contribution >= 0.6 is 11.3 Å². The molecular weight excluding hydrogens is 306 g/mol. The summed E-state index contributed by atoms with van der Waals surface area (Å²) in [6.45, 7) is 3.00. The highest BCUT2D eigenvalue weighted by Crippen LogP contribution is 2.24. The number of hydrogen-bond acceptors (Lipinski definition) is 4. The van der Waals surface area contributed by atoms with Gasteiger partial charge in [-0.2, -0.15) is 5.10 Å². The van der Waals surface area contributed by atoms with Gasteiger partial charge in [0, 0.05) is 24.4 Å². The highest BCUT2D eigenvalue weighted by molar-refractivity contribution is 7.10.